The molecule has 0 aliphatic carbocycles. The van der Waals surface area contributed by atoms with Crippen LogP contribution in [0.15, 0.2) is 17.3 Å². The monoisotopic (exact) mass is 246 g/mol. The van der Waals surface area contributed by atoms with E-state index in [9.17, 15) is 13.2 Å². The molecule has 1 amide bonds. The number of sulfonamides is 1. The number of aromatic amines is 1. The van der Waals surface area contributed by atoms with Gasteiger partial charge in [-0.3, -0.25) is 9.89 Å². The van der Waals surface area contributed by atoms with E-state index in [4.69, 9.17) is 0 Å². The van der Waals surface area contributed by atoms with Crippen LogP contribution in [0.2, 0.25) is 0 Å². The molecule has 0 fully saturated rings. The summed E-state index contributed by atoms with van der Waals surface area (Å²) in [6.45, 7) is 2.40. The second-order valence-electron chi connectivity index (χ2n) is 3.04. The zero-order chi connectivity index (χ0) is 12.0. The molecule has 1 aromatic rings. The summed E-state index contributed by atoms with van der Waals surface area (Å²) in [5, 5.41) is 8.52. The quantitative estimate of drug-likeness (QED) is 0.612. The molecule has 1 heterocycles. The van der Waals surface area contributed by atoms with Crippen LogP contribution in [0.25, 0.3) is 0 Å². The van der Waals surface area contributed by atoms with Crippen molar-refractivity contribution in [1.82, 2.24) is 20.2 Å². The van der Waals surface area contributed by atoms with Crippen LogP contribution in [-0.2, 0) is 14.8 Å². The average molecular weight is 246 g/mol. The summed E-state index contributed by atoms with van der Waals surface area (Å²) < 4.78 is 25.4. The van der Waals surface area contributed by atoms with E-state index in [2.05, 4.69) is 20.2 Å². The molecule has 0 aromatic carbocycles. The number of rotatable bonds is 6. The van der Waals surface area contributed by atoms with Crippen LogP contribution >= 0.6 is 0 Å². The van der Waals surface area contributed by atoms with Crippen molar-refractivity contribution in [1.29, 1.82) is 0 Å². The maximum atomic E-state index is 11.5. The molecular weight excluding hydrogens is 232 g/mol. The molecule has 0 aliphatic rings. The lowest BCUT2D eigenvalue weighted by atomic mass is 10.4. The fourth-order valence-corrected chi connectivity index (χ4v) is 1.99. The van der Waals surface area contributed by atoms with Gasteiger partial charge in [0, 0.05) is 25.7 Å². The maximum Gasteiger partial charge on any atom is 0.243 e. The number of aromatic nitrogens is 2. The van der Waals surface area contributed by atoms with Gasteiger partial charge in [0.25, 0.3) is 0 Å². The van der Waals surface area contributed by atoms with Gasteiger partial charge in [0.1, 0.15) is 4.90 Å². The molecule has 90 valence electrons. The first-order valence-electron chi connectivity index (χ1n) is 4.81. The standard InChI is InChI=1S/C8H14N4O3S/c1-2-9-8(13)3-4-12-16(14,15)7-5-10-11-6-7/h5-6,12H,2-4H2,1H3,(H,9,13)(H,10,11). The van der Waals surface area contributed by atoms with Crippen LogP contribution in [-0.4, -0.2) is 37.6 Å². The first-order valence-corrected chi connectivity index (χ1v) is 6.29. The molecule has 0 spiro atoms. The second kappa shape index (κ2) is 5.61. The fourth-order valence-electron chi connectivity index (χ4n) is 1.05. The van der Waals surface area contributed by atoms with Gasteiger partial charge >= 0.3 is 0 Å². The topological polar surface area (TPSA) is 104 Å². The molecule has 7 nitrogen and oxygen atoms in total. The van der Waals surface area contributed by atoms with E-state index in [1.807, 2.05) is 0 Å². The number of amides is 1. The molecule has 0 atom stereocenters. The Bertz CT molecular complexity index is 426. The largest absolute Gasteiger partial charge is 0.356 e. The molecule has 0 unspecified atom stereocenters. The van der Waals surface area contributed by atoms with E-state index in [0.717, 1.165) is 0 Å². The molecule has 0 saturated heterocycles. The molecular formula is C8H14N4O3S. The first kappa shape index (κ1) is 12.7. The molecule has 0 radical (unpaired) electrons. The highest BCUT2D eigenvalue weighted by atomic mass is 32.2. The predicted octanol–water partition coefficient (Wildman–Crippen LogP) is -0.786. The van der Waals surface area contributed by atoms with Crippen molar-refractivity contribution in [2.45, 2.75) is 18.2 Å². The SMILES string of the molecule is CCNC(=O)CCNS(=O)(=O)c1cn[nH]c1. The summed E-state index contributed by atoms with van der Waals surface area (Å²) in [5.41, 5.74) is 0. The van der Waals surface area contributed by atoms with Gasteiger partial charge in [-0.05, 0) is 6.92 Å². The van der Waals surface area contributed by atoms with Crippen molar-refractivity contribution in [2.75, 3.05) is 13.1 Å². The third-order valence-electron chi connectivity index (χ3n) is 1.80. The Kier molecular flexibility index (Phi) is 4.44. The van der Waals surface area contributed by atoms with Gasteiger partial charge in [-0.1, -0.05) is 0 Å². The normalized spacial score (nSPS) is 11.3. The summed E-state index contributed by atoms with van der Waals surface area (Å²) in [7, 11) is -3.55. The third kappa shape index (κ3) is 3.63. The molecule has 0 bridgehead atoms. The molecule has 16 heavy (non-hydrogen) atoms. The van der Waals surface area contributed by atoms with E-state index in [0.29, 0.717) is 6.54 Å². The Morgan fingerprint density at radius 1 is 1.56 bits per heavy atom. The van der Waals surface area contributed by atoms with E-state index in [1.54, 1.807) is 6.92 Å². The molecule has 8 heteroatoms. The van der Waals surface area contributed by atoms with E-state index < -0.39 is 10.0 Å². The van der Waals surface area contributed by atoms with Gasteiger partial charge in [0.15, 0.2) is 0 Å². The highest BCUT2D eigenvalue weighted by Gasteiger charge is 2.14. The van der Waals surface area contributed by atoms with Crippen molar-refractivity contribution < 1.29 is 13.2 Å². The van der Waals surface area contributed by atoms with Crippen LogP contribution < -0.4 is 10.0 Å². The summed E-state index contributed by atoms with van der Waals surface area (Å²) in [4.78, 5) is 11.1. The number of hydrogen-bond acceptors (Lipinski definition) is 4. The Morgan fingerprint density at radius 2 is 2.31 bits per heavy atom. The molecule has 0 aliphatic heterocycles. The smallest absolute Gasteiger partial charge is 0.243 e. The molecule has 0 saturated carbocycles. The van der Waals surface area contributed by atoms with Crippen molar-refractivity contribution in [3.8, 4) is 0 Å². The average Bonchev–Trinajstić information content (AvgIpc) is 2.71. The molecule has 3 N–H and O–H groups in total. The van der Waals surface area contributed by atoms with Gasteiger partial charge in [-0.25, -0.2) is 13.1 Å². The summed E-state index contributed by atoms with van der Waals surface area (Å²) in [6.07, 6.45) is 2.59. The summed E-state index contributed by atoms with van der Waals surface area (Å²) in [6, 6.07) is 0. The van der Waals surface area contributed by atoms with Crippen LogP contribution in [0.1, 0.15) is 13.3 Å². The Hall–Kier alpha value is -1.41. The first-order chi connectivity index (χ1) is 7.56. The summed E-state index contributed by atoms with van der Waals surface area (Å²) in [5.74, 6) is -0.183. The van der Waals surface area contributed by atoms with Gasteiger partial charge < -0.3 is 5.32 Å². The zero-order valence-corrected chi connectivity index (χ0v) is 9.67. The van der Waals surface area contributed by atoms with Crippen LogP contribution in [0.3, 0.4) is 0 Å². The van der Waals surface area contributed by atoms with Gasteiger partial charge in [0.05, 0.1) is 6.20 Å². The summed E-state index contributed by atoms with van der Waals surface area (Å²) >= 11 is 0. The molecule has 1 rings (SSSR count). The lowest BCUT2D eigenvalue weighted by Crippen LogP contribution is -2.30. The number of nitrogens with zero attached hydrogens (tertiary/aromatic N) is 1. The van der Waals surface area contributed by atoms with E-state index in [-0.39, 0.29) is 23.8 Å². The number of hydrogen-bond donors (Lipinski definition) is 3. The second-order valence-corrected chi connectivity index (χ2v) is 4.80. The highest BCUT2D eigenvalue weighted by Crippen LogP contribution is 2.03. The van der Waals surface area contributed by atoms with Crippen molar-refractivity contribution >= 4 is 15.9 Å². The van der Waals surface area contributed by atoms with Gasteiger partial charge in [-0.2, -0.15) is 5.10 Å². The fraction of sp³-hybridized carbons (Fsp3) is 0.500. The molecule has 1 aromatic heterocycles. The van der Waals surface area contributed by atoms with Crippen LogP contribution in [0, 0.1) is 0 Å². The Balaban J connectivity index is 2.41. The predicted molar refractivity (Wildman–Crippen MR) is 57.1 cm³/mol. The minimum absolute atomic E-state index is 0.0587. The zero-order valence-electron chi connectivity index (χ0n) is 8.86. The number of carbonyl (C=O) groups is 1. The Morgan fingerprint density at radius 3 is 2.88 bits per heavy atom. The maximum absolute atomic E-state index is 11.5. The number of carbonyl (C=O) groups excluding carboxylic acids is 1. The minimum Gasteiger partial charge on any atom is -0.356 e. The van der Waals surface area contributed by atoms with Crippen molar-refractivity contribution in [3.63, 3.8) is 0 Å². The van der Waals surface area contributed by atoms with Crippen molar-refractivity contribution in [3.05, 3.63) is 12.4 Å². The Labute approximate surface area is 93.7 Å². The lowest BCUT2D eigenvalue weighted by Gasteiger charge is -2.04. The lowest BCUT2D eigenvalue weighted by molar-refractivity contribution is -0.120. The van der Waals surface area contributed by atoms with E-state index >= 15 is 0 Å². The van der Waals surface area contributed by atoms with Crippen molar-refractivity contribution in [2.24, 2.45) is 0 Å². The minimum atomic E-state index is -3.55. The van der Waals surface area contributed by atoms with Gasteiger partial charge in [0.2, 0.25) is 15.9 Å². The van der Waals surface area contributed by atoms with E-state index in [1.165, 1.54) is 12.4 Å². The van der Waals surface area contributed by atoms with Gasteiger partial charge in [-0.15, -0.1) is 0 Å². The van der Waals surface area contributed by atoms with Crippen LogP contribution in [0.4, 0.5) is 0 Å². The van der Waals surface area contributed by atoms with Crippen LogP contribution in [0.5, 0.6) is 0 Å². The third-order valence-corrected chi connectivity index (χ3v) is 3.23. The highest BCUT2D eigenvalue weighted by molar-refractivity contribution is 7.89. The number of nitrogens with one attached hydrogen (secondary N) is 3. The number of H-pyrrole nitrogens is 1.